The first kappa shape index (κ1) is 17.5. The fourth-order valence-electron chi connectivity index (χ4n) is 1.90. The minimum absolute atomic E-state index is 0.686. The van der Waals surface area contributed by atoms with Gasteiger partial charge in [0.1, 0.15) is 0 Å². The third kappa shape index (κ3) is 6.63. The first-order valence-corrected chi connectivity index (χ1v) is 7.82. The molecule has 21 heavy (non-hydrogen) atoms. The highest BCUT2D eigenvalue weighted by Gasteiger charge is 1.99. The summed E-state index contributed by atoms with van der Waals surface area (Å²) in [6, 6.07) is 8.58. The second-order valence-corrected chi connectivity index (χ2v) is 5.21. The smallest absolute Gasteiger partial charge is 0.0870 e. The molecule has 0 heterocycles. The van der Waals surface area contributed by atoms with Crippen LogP contribution in [-0.4, -0.2) is 19.8 Å². The van der Waals surface area contributed by atoms with E-state index in [9.17, 15) is 0 Å². The van der Waals surface area contributed by atoms with Gasteiger partial charge in [0.05, 0.1) is 19.5 Å². The van der Waals surface area contributed by atoms with Crippen LogP contribution in [0.3, 0.4) is 0 Å². The summed E-state index contributed by atoms with van der Waals surface area (Å²) in [6.07, 6.45) is 6.08. The van der Waals surface area contributed by atoms with Crippen LogP contribution in [0.15, 0.2) is 36.6 Å². The highest BCUT2D eigenvalue weighted by atomic mass is 16.5. The first-order chi connectivity index (χ1) is 10.2. The molecule has 1 aromatic rings. The van der Waals surface area contributed by atoms with Gasteiger partial charge in [0.2, 0.25) is 0 Å². The summed E-state index contributed by atoms with van der Waals surface area (Å²) in [5.74, 6) is 0. The van der Waals surface area contributed by atoms with Crippen molar-refractivity contribution in [3.63, 3.8) is 0 Å². The summed E-state index contributed by atoms with van der Waals surface area (Å²) in [4.78, 5) is 0. The molecule has 0 aliphatic heterocycles. The molecular weight excluding hydrogens is 260 g/mol. The van der Waals surface area contributed by atoms with Gasteiger partial charge in [-0.3, -0.25) is 0 Å². The maximum Gasteiger partial charge on any atom is 0.0870 e. The molecule has 0 saturated heterocycles. The van der Waals surface area contributed by atoms with Crippen LogP contribution in [0.5, 0.6) is 0 Å². The number of benzene rings is 1. The Balaban J connectivity index is 2.62. The maximum absolute atomic E-state index is 5.49. The van der Waals surface area contributed by atoms with Crippen LogP contribution in [0, 0.1) is 0 Å². The van der Waals surface area contributed by atoms with Crippen molar-refractivity contribution in [2.45, 2.75) is 40.5 Å². The Labute approximate surface area is 129 Å². The summed E-state index contributed by atoms with van der Waals surface area (Å²) >= 11 is 0. The van der Waals surface area contributed by atoms with Crippen molar-refractivity contribution in [3.05, 3.63) is 47.7 Å². The standard InChI is InChI=1S/C19H28O2/c1-5-12-20-14-11-16(3)18-7-9-19(10-8-18)17(4)15-21-13-6-2/h7-11,15H,5-6,12-14H2,1-4H3/b16-11+,17-15+. The lowest BCUT2D eigenvalue weighted by Gasteiger charge is -2.06. The van der Waals surface area contributed by atoms with Crippen molar-refractivity contribution in [1.29, 1.82) is 0 Å². The molecule has 2 heteroatoms. The van der Waals surface area contributed by atoms with E-state index < -0.39 is 0 Å². The quantitative estimate of drug-likeness (QED) is 0.453. The highest BCUT2D eigenvalue weighted by molar-refractivity contribution is 5.68. The third-order valence-corrected chi connectivity index (χ3v) is 3.23. The third-order valence-electron chi connectivity index (χ3n) is 3.23. The molecule has 2 nitrogen and oxygen atoms in total. The summed E-state index contributed by atoms with van der Waals surface area (Å²) < 4.78 is 11.0. The topological polar surface area (TPSA) is 18.5 Å². The zero-order chi connectivity index (χ0) is 15.5. The molecule has 0 saturated carbocycles. The van der Waals surface area contributed by atoms with Crippen molar-refractivity contribution in [2.75, 3.05) is 19.8 Å². The summed E-state index contributed by atoms with van der Waals surface area (Å²) in [5.41, 5.74) is 4.84. The predicted octanol–water partition coefficient (Wildman–Crippen LogP) is 5.30. The molecule has 1 rings (SSSR count). The van der Waals surface area contributed by atoms with E-state index >= 15 is 0 Å². The van der Waals surface area contributed by atoms with Gasteiger partial charge >= 0.3 is 0 Å². The zero-order valence-electron chi connectivity index (χ0n) is 13.8. The second-order valence-electron chi connectivity index (χ2n) is 5.21. The molecule has 0 unspecified atom stereocenters. The molecule has 0 atom stereocenters. The van der Waals surface area contributed by atoms with Crippen LogP contribution in [0.2, 0.25) is 0 Å². The Kier molecular flexibility index (Phi) is 8.53. The molecule has 0 bridgehead atoms. The number of rotatable bonds is 9. The lowest BCUT2D eigenvalue weighted by Crippen LogP contribution is -1.93. The summed E-state index contributed by atoms with van der Waals surface area (Å²) in [6.45, 7) is 10.7. The highest BCUT2D eigenvalue weighted by Crippen LogP contribution is 2.19. The number of hydrogen-bond acceptors (Lipinski definition) is 2. The van der Waals surface area contributed by atoms with Crippen molar-refractivity contribution in [3.8, 4) is 0 Å². The van der Waals surface area contributed by atoms with Gasteiger partial charge in [-0.25, -0.2) is 0 Å². The molecule has 0 radical (unpaired) electrons. The van der Waals surface area contributed by atoms with E-state index in [0.29, 0.717) is 6.61 Å². The number of hydrogen-bond donors (Lipinski definition) is 0. The molecular formula is C19H28O2. The largest absolute Gasteiger partial charge is 0.501 e. The van der Waals surface area contributed by atoms with Crippen molar-refractivity contribution < 1.29 is 9.47 Å². The molecule has 0 fully saturated rings. The molecule has 116 valence electrons. The van der Waals surface area contributed by atoms with E-state index in [1.807, 2.05) is 6.26 Å². The van der Waals surface area contributed by atoms with E-state index in [4.69, 9.17) is 9.47 Å². The van der Waals surface area contributed by atoms with Gasteiger partial charge in [-0.2, -0.15) is 0 Å². The minimum Gasteiger partial charge on any atom is -0.501 e. The molecule has 0 aromatic heterocycles. The lowest BCUT2D eigenvalue weighted by atomic mass is 10.0. The number of allylic oxidation sites excluding steroid dienone is 2. The Morgan fingerprint density at radius 3 is 2.05 bits per heavy atom. The molecule has 0 aliphatic carbocycles. The van der Waals surface area contributed by atoms with E-state index in [-0.39, 0.29) is 0 Å². The molecule has 1 aromatic carbocycles. The van der Waals surface area contributed by atoms with Gasteiger partial charge in [0.25, 0.3) is 0 Å². The predicted molar refractivity (Wildman–Crippen MR) is 91.1 cm³/mol. The van der Waals surface area contributed by atoms with Crippen LogP contribution in [0.4, 0.5) is 0 Å². The van der Waals surface area contributed by atoms with E-state index in [1.165, 1.54) is 16.7 Å². The van der Waals surface area contributed by atoms with Crippen molar-refractivity contribution in [2.24, 2.45) is 0 Å². The number of ether oxygens (including phenoxy) is 2. The van der Waals surface area contributed by atoms with Crippen molar-refractivity contribution in [1.82, 2.24) is 0 Å². The average Bonchev–Trinajstić information content (AvgIpc) is 2.51. The summed E-state index contributed by atoms with van der Waals surface area (Å²) in [7, 11) is 0. The monoisotopic (exact) mass is 288 g/mol. The average molecular weight is 288 g/mol. The Hall–Kier alpha value is -1.54. The van der Waals surface area contributed by atoms with Crippen LogP contribution in [0.1, 0.15) is 51.7 Å². The van der Waals surface area contributed by atoms with Gasteiger partial charge in [-0.05, 0) is 49.0 Å². The van der Waals surface area contributed by atoms with Gasteiger partial charge in [-0.1, -0.05) is 44.2 Å². The first-order valence-electron chi connectivity index (χ1n) is 7.82. The maximum atomic E-state index is 5.49. The SMILES string of the molecule is CCCO/C=C(\C)c1ccc(/C(C)=C/COCCC)cc1. The Morgan fingerprint density at radius 2 is 1.48 bits per heavy atom. The van der Waals surface area contributed by atoms with E-state index in [0.717, 1.165) is 31.6 Å². The van der Waals surface area contributed by atoms with Crippen LogP contribution in [0.25, 0.3) is 11.1 Å². The van der Waals surface area contributed by atoms with Crippen molar-refractivity contribution >= 4 is 11.1 Å². The fourth-order valence-corrected chi connectivity index (χ4v) is 1.90. The van der Waals surface area contributed by atoms with Crippen LogP contribution < -0.4 is 0 Å². The van der Waals surface area contributed by atoms with Crippen LogP contribution in [-0.2, 0) is 9.47 Å². The van der Waals surface area contributed by atoms with E-state index in [2.05, 4.69) is 58.0 Å². The minimum atomic E-state index is 0.686. The van der Waals surface area contributed by atoms with Crippen LogP contribution >= 0.6 is 0 Å². The summed E-state index contributed by atoms with van der Waals surface area (Å²) in [5, 5.41) is 0. The fraction of sp³-hybridized carbons (Fsp3) is 0.474. The molecule has 0 N–H and O–H groups in total. The van der Waals surface area contributed by atoms with Gasteiger partial charge in [0.15, 0.2) is 0 Å². The van der Waals surface area contributed by atoms with Gasteiger partial charge < -0.3 is 9.47 Å². The normalized spacial score (nSPS) is 12.6. The molecule has 0 amide bonds. The molecule has 0 spiro atoms. The Morgan fingerprint density at radius 1 is 0.905 bits per heavy atom. The lowest BCUT2D eigenvalue weighted by molar-refractivity contribution is 0.163. The Bertz CT molecular complexity index is 455. The molecule has 0 aliphatic rings. The van der Waals surface area contributed by atoms with Gasteiger partial charge in [0, 0.05) is 6.61 Å². The second kappa shape index (κ2) is 10.2. The van der Waals surface area contributed by atoms with Gasteiger partial charge in [-0.15, -0.1) is 0 Å². The van der Waals surface area contributed by atoms with E-state index in [1.54, 1.807) is 0 Å². The zero-order valence-corrected chi connectivity index (χ0v) is 13.8.